The molecule has 0 N–H and O–H groups in total. The second-order valence-electron chi connectivity index (χ2n) is 3.98. The van der Waals surface area contributed by atoms with E-state index in [-0.39, 0.29) is 0 Å². The Kier molecular flexibility index (Phi) is 2.58. The SMILES string of the molecule is COc1cccn2c(CC(C)C)nnc12. The highest BCUT2D eigenvalue weighted by atomic mass is 16.5. The third kappa shape index (κ3) is 1.79. The molecule has 0 unspecified atom stereocenters. The quantitative estimate of drug-likeness (QED) is 0.768. The molecule has 0 amide bonds. The van der Waals surface area contributed by atoms with E-state index in [4.69, 9.17) is 4.74 Å². The number of hydrogen-bond donors (Lipinski definition) is 0. The van der Waals surface area contributed by atoms with E-state index in [1.54, 1.807) is 7.11 Å². The van der Waals surface area contributed by atoms with Crippen LogP contribution >= 0.6 is 0 Å². The highest BCUT2D eigenvalue weighted by molar-refractivity contribution is 5.52. The van der Waals surface area contributed by atoms with Crippen molar-refractivity contribution in [1.82, 2.24) is 14.6 Å². The molecule has 0 aromatic carbocycles. The van der Waals surface area contributed by atoms with Gasteiger partial charge in [-0.25, -0.2) is 0 Å². The standard InChI is InChI=1S/C11H15N3O/c1-8(2)7-10-12-13-11-9(15-3)5-4-6-14(10)11/h4-6,8H,7H2,1-3H3. The maximum absolute atomic E-state index is 5.22. The van der Waals surface area contributed by atoms with Crippen LogP contribution in [0, 0.1) is 5.92 Å². The minimum atomic E-state index is 0.573. The zero-order valence-electron chi connectivity index (χ0n) is 9.27. The summed E-state index contributed by atoms with van der Waals surface area (Å²) in [4.78, 5) is 0. The minimum absolute atomic E-state index is 0.573. The summed E-state index contributed by atoms with van der Waals surface area (Å²) in [6.45, 7) is 4.34. The van der Waals surface area contributed by atoms with Crippen molar-refractivity contribution < 1.29 is 4.74 Å². The van der Waals surface area contributed by atoms with Crippen molar-refractivity contribution in [1.29, 1.82) is 0 Å². The van der Waals surface area contributed by atoms with Crippen molar-refractivity contribution in [2.45, 2.75) is 20.3 Å². The Bertz CT molecular complexity index is 462. The number of hydrogen-bond acceptors (Lipinski definition) is 3. The molecular formula is C11H15N3O. The van der Waals surface area contributed by atoms with Gasteiger partial charge in [0.05, 0.1) is 7.11 Å². The fourth-order valence-electron chi connectivity index (χ4n) is 1.60. The van der Waals surface area contributed by atoms with Crippen molar-refractivity contribution in [2.24, 2.45) is 5.92 Å². The molecule has 80 valence electrons. The summed E-state index contributed by atoms with van der Waals surface area (Å²) in [5.41, 5.74) is 0.788. The van der Waals surface area contributed by atoms with Gasteiger partial charge in [0.1, 0.15) is 5.82 Å². The molecule has 4 nitrogen and oxygen atoms in total. The Morgan fingerprint density at radius 1 is 1.40 bits per heavy atom. The molecule has 0 saturated heterocycles. The minimum Gasteiger partial charge on any atom is -0.493 e. The third-order valence-electron chi connectivity index (χ3n) is 2.28. The van der Waals surface area contributed by atoms with Crippen LogP contribution in [0.4, 0.5) is 0 Å². The van der Waals surface area contributed by atoms with E-state index in [1.807, 2.05) is 22.7 Å². The normalized spacial score (nSPS) is 11.2. The van der Waals surface area contributed by atoms with Gasteiger partial charge in [-0.1, -0.05) is 13.8 Å². The maximum atomic E-state index is 5.22. The summed E-state index contributed by atoms with van der Waals surface area (Å²) in [5.74, 6) is 2.32. The molecule has 0 aliphatic rings. The maximum Gasteiger partial charge on any atom is 0.203 e. The largest absolute Gasteiger partial charge is 0.493 e. The molecule has 0 aliphatic heterocycles. The van der Waals surface area contributed by atoms with Gasteiger partial charge in [0, 0.05) is 12.6 Å². The van der Waals surface area contributed by atoms with Crippen molar-refractivity contribution in [3.8, 4) is 5.75 Å². The zero-order chi connectivity index (χ0) is 10.8. The summed E-state index contributed by atoms with van der Waals surface area (Å²) in [5, 5.41) is 8.31. The van der Waals surface area contributed by atoms with Crippen molar-refractivity contribution in [3.63, 3.8) is 0 Å². The molecule has 15 heavy (non-hydrogen) atoms. The molecule has 0 radical (unpaired) electrons. The molecule has 0 atom stereocenters. The van der Waals surface area contributed by atoms with Crippen LogP contribution in [0.2, 0.25) is 0 Å². The highest BCUT2D eigenvalue weighted by Gasteiger charge is 2.10. The van der Waals surface area contributed by atoms with Gasteiger partial charge in [-0.3, -0.25) is 4.40 Å². The lowest BCUT2D eigenvalue weighted by molar-refractivity contribution is 0.416. The van der Waals surface area contributed by atoms with Crippen LogP contribution < -0.4 is 4.74 Å². The second-order valence-corrected chi connectivity index (χ2v) is 3.98. The molecule has 2 heterocycles. The lowest BCUT2D eigenvalue weighted by Crippen LogP contribution is -2.00. The van der Waals surface area contributed by atoms with E-state index in [0.29, 0.717) is 5.92 Å². The van der Waals surface area contributed by atoms with Crippen LogP contribution in [-0.2, 0) is 6.42 Å². The molecule has 2 aromatic rings. The topological polar surface area (TPSA) is 39.4 Å². The molecule has 0 saturated carbocycles. The van der Waals surface area contributed by atoms with Crippen LogP contribution in [0.1, 0.15) is 19.7 Å². The number of pyridine rings is 1. The predicted molar refractivity (Wildman–Crippen MR) is 58.1 cm³/mol. The van der Waals surface area contributed by atoms with Crippen molar-refractivity contribution in [3.05, 3.63) is 24.2 Å². The first kappa shape index (κ1) is 9.96. The van der Waals surface area contributed by atoms with E-state index in [9.17, 15) is 0 Å². The summed E-state index contributed by atoms with van der Waals surface area (Å²) >= 11 is 0. The zero-order valence-corrected chi connectivity index (χ0v) is 9.27. The van der Waals surface area contributed by atoms with Gasteiger partial charge in [-0.15, -0.1) is 10.2 Å². The summed E-state index contributed by atoms with van der Waals surface area (Å²) in [6, 6.07) is 3.84. The Balaban J connectivity index is 2.51. The number of rotatable bonds is 3. The predicted octanol–water partition coefficient (Wildman–Crippen LogP) is 1.94. The molecular weight excluding hydrogens is 190 g/mol. The molecule has 2 aromatic heterocycles. The second kappa shape index (κ2) is 3.88. The first-order chi connectivity index (χ1) is 7.22. The number of aromatic nitrogens is 3. The average molecular weight is 205 g/mol. The fourth-order valence-corrected chi connectivity index (χ4v) is 1.60. The number of fused-ring (bicyclic) bond motifs is 1. The molecule has 2 rings (SSSR count). The number of ether oxygens (including phenoxy) is 1. The van der Waals surface area contributed by atoms with Gasteiger partial charge in [0.2, 0.25) is 5.65 Å². The molecule has 0 aliphatic carbocycles. The van der Waals surface area contributed by atoms with E-state index in [0.717, 1.165) is 23.6 Å². The van der Waals surface area contributed by atoms with Gasteiger partial charge in [0.25, 0.3) is 0 Å². The third-order valence-corrected chi connectivity index (χ3v) is 2.28. The lowest BCUT2D eigenvalue weighted by atomic mass is 10.1. The summed E-state index contributed by atoms with van der Waals surface area (Å²) in [7, 11) is 1.64. The van der Waals surface area contributed by atoms with Crippen LogP contribution in [-0.4, -0.2) is 21.7 Å². The van der Waals surface area contributed by atoms with E-state index in [2.05, 4.69) is 24.0 Å². The first-order valence-corrected chi connectivity index (χ1v) is 5.09. The van der Waals surface area contributed by atoms with E-state index in [1.165, 1.54) is 0 Å². The van der Waals surface area contributed by atoms with Crippen molar-refractivity contribution >= 4 is 5.65 Å². The van der Waals surface area contributed by atoms with Crippen LogP contribution in [0.25, 0.3) is 5.65 Å². The average Bonchev–Trinajstić information content (AvgIpc) is 2.61. The lowest BCUT2D eigenvalue weighted by Gasteiger charge is -2.04. The Morgan fingerprint density at radius 3 is 2.87 bits per heavy atom. The van der Waals surface area contributed by atoms with Gasteiger partial charge in [0.15, 0.2) is 5.75 Å². The first-order valence-electron chi connectivity index (χ1n) is 5.09. The van der Waals surface area contributed by atoms with Crippen LogP contribution in [0.5, 0.6) is 5.75 Å². The fraction of sp³-hybridized carbons (Fsp3) is 0.455. The summed E-state index contributed by atoms with van der Waals surface area (Å²) < 4.78 is 7.21. The highest BCUT2D eigenvalue weighted by Crippen LogP contribution is 2.18. The van der Waals surface area contributed by atoms with Crippen LogP contribution in [0.15, 0.2) is 18.3 Å². The van der Waals surface area contributed by atoms with Gasteiger partial charge >= 0.3 is 0 Å². The molecule has 0 fully saturated rings. The Morgan fingerprint density at radius 2 is 2.20 bits per heavy atom. The van der Waals surface area contributed by atoms with Gasteiger partial charge in [-0.05, 0) is 18.1 Å². The number of methoxy groups -OCH3 is 1. The van der Waals surface area contributed by atoms with Crippen molar-refractivity contribution in [2.75, 3.05) is 7.11 Å². The smallest absolute Gasteiger partial charge is 0.203 e. The van der Waals surface area contributed by atoms with E-state index >= 15 is 0 Å². The van der Waals surface area contributed by atoms with Crippen LogP contribution in [0.3, 0.4) is 0 Å². The molecule has 0 spiro atoms. The monoisotopic (exact) mass is 205 g/mol. The molecule has 4 heteroatoms. The Hall–Kier alpha value is -1.58. The van der Waals surface area contributed by atoms with Gasteiger partial charge < -0.3 is 4.74 Å². The molecule has 0 bridgehead atoms. The summed E-state index contributed by atoms with van der Waals surface area (Å²) in [6.07, 6.45) is 2.89. The number of nitrogens with zero attached hydrogens (tertiary/aromatic N) is 3. The Labute approximate surface area is 88.9 Å². The van der Waals surface area contributed by atoms with E-state index < -0.39 is 0 Å². The van der Waals surface area contributed by atoms with Gasteiger partial charge in [-0.2, -0.15) is 0 Å².